The fourth-order valence-electron chi connectivity index (χ4n) is 2.21. The zero-order valence-corrected chi connectivity index (χ0v) is 14.6. The summed E-state index contributed by atoms with van der Waals surface area (Å²) in [5.74, 6) is -0.0771. The van der Waals surface area contributed by atoms with Crippen LogP contribution in [0.15, 0.2) is 47.5 Å². The molecule has 0 bridgehead atoms. The maximum absolute atomic E-state index is 12.3. The number of hydrogen-bond donors (Lipinski definition) is 2. The lowest BCUT2D eigenvalue weighted by molar-refractivity contribution is -0.122. The molecule has 3 aromatic rings. The van der Waals surface area contributed by atoms with Gasteiger partial charge in [-0.1, -0.05) is 29.3 Å². The molecule has 0 spiro atoms. The number of amides is 1. The number of ether oxygens (including phenoxy) is 1. The molecule has 128 valence electrons. The minimum absolute atomic E-state index is 0.243. The Morgan fingerprint density at radius 2 is 2.08 bits per heavy atom. The third-order valence-corrected chi connectivity index (χ3v) is 4.30. The standard InChI is InChI=1S/C17H13Cl2N3O3/c1-9(25-14-4-2-3-12(18)15(14)19)16(23)22-10-5-6-13-11(7-10)17(24)21-8-20-13/h2-9H,1H3,(H,22,23)(H,20,21,24)/t9-/m0/s1. The summed E-state index contributed by atoms with van der Waals surface area (Å²) < 4.78 is 5.56. The summed E-state index contributed by atoms with van der Waals surface area (Å²) in [5, 5.41) is 3.66. The molecule has 8 heteroatoms. The van der Waals surface area contributed by atoms with Crippen molar-refractivity contribution in [2.24, 2.45) is 0 Å². The predicted molar refractivity (Wildman–Crippen MR) is 97.5 cm³/mol. The number of H-pyrrole nitrogens is 1. The van der Waals surface area contributed by atoms with Crippen LogP contribution in [0, 0.1) is 0 Å². The second kappa shape index (κ2) is 7.13. The SMILES string of the molecule is C[C@H](Oc1cccc(Cl)c1Cl)C(=O)Nc1ccc2nc[nH]c(=O)c2c1. The molecule has 25 heavy (non-hydrogen) atoms. The molecule has 2 aromatic carbocycles. The Bertz CT molecular complexity index is 1000. The highest BCUT2D eigenvalue weighted by molar-refractivity contribution is 6.42. The number of aromatic nitrogens is 2. The minimum atomic E-state index is -0.821. The van der Waals surface area contributed by atoms with Crippen LogP contribution in [0.5, 0.6) is 5.75 Å². The van der Waals surface area contributed by atoms with Gasteiger partial charge in [-0.3, -0.25) is 9.59 Å². The van der Waals surface area contributed by atoms with E-state index in [-0.39, 0.29) is 10.6 Å². The number of nitrogens with zero attached hydrogens (tertiary/aromatic N) is 1. The molecule has 0 aliphatic heterocycles. The molecule has 1 aromatic heterocycles. The number of benzene rings is 2. The van der Waals surface area contributed by atoms with E-state index < -0.39 is 12.0 Å². The highest BCUT2D eigenvalue weighted by atomic mass is 35.5. The maximum Gasteiger partial charge on any atom is 0.265 e. The second-order valence-corrected chi connectivity index (χ2v) is 6.05. The summed E-state index contributed by atoms with van der Waals surface area (Å²) in [5.41, 5.74) is 0.719. The molecule has 0 fully saturated rings. The molecule has 1 heterocycles. The van der Waals surface area contributed by atoms with E-state index in [2.05, 4.69) is 15.3 Å². The topological polar surface area (TPSA) is 84.1 Å². The van der Waals surface area contributed by atoms with Gasteiger partial charge in [-0.25, -0.2) is 4.98 Å². The third-order valence-electron chi connectivity index (χ3n) is 3.50. The first-order valence-corrected chi connectivity index (χ1v) is 8.10. The number of carbonyl (C=O) groups is 1. The molecular weight excluding hydrogens is 365 g/mol. The van der Waals surface area contributed by atoms with Crippen LogP contribution in [0.4, 0.5) is 5.69 Å². The zero-order valence-electron chi connectivity index (χ0n) is 13.0. The van der Waals surface area contributed by atoms with E-state index in [1.165, 1.54) is 6.33 Å². The maximum atomic E-state index is 12.3. The van der Waals surface area contributed by atoms with Gasteiger partial charge in [0.25, 0.3) is 11.5 Å². The van der Waals surface area contributed by atoms with E-state index in [1.54, 1.807) is 43.3 Å². The fraction of sp³-hybridized carbons (Fsp3) is 0.118. The lowest BCUT2D eigenvalue weighted by Gasteiger charge is -2.16. The summed E-state index contributed by atoms with van der Waals surface area (Å²) in [6, 6.07) is 9.79. The highest BCUT2D eigenvalue weighted by Gasteiger charge is 2.17. The van der Waals surface area contributed by atoms with Gasteiger partial charge in [0.05, 0.1) is 22.3 Å². The first kappa shape index (κ1) is 17.3. The molecule has 1 atom stereocenters. The van der Waals surface area contributed by atoms with E-state index in [9.17, 15) is 9.59 Å². The summed E-state index contributed by atoms with van der Waals surface area (Å²) in [6.07, 6.45) is 0.506. The summed E-state index contributed by atoms with van der Waals surface area (Å²) in [7, 11) is 0. The van der Waals surface area contributed by atoms with Gasteiger partial charge < -0.3 is 15.0 Å². The van der Waals surface area contributed by atoms with Crippen molar-refractivity contribution in [3.05, 3.63) is 63.1 Å². The van der Waals surface area contributed by atoms with Crippen molar-refractivity contribution in [3.8, 4) is 5.75 Å². The average Bonchev–Trinajstić information content (AvgIpc) is 2.59. The molecule has 0 aliphatic rings. The van der Waals surface area contributed by atoms with Gasteiger partial charge in [0.15, 0.2) is 6.10 Å². The summed E-state index contributed by atoms with van der Waals surface area (Å²) in [6.45, 7) is 1.59. The van der Waals surface area contributed by atoms with Crippen molar-refractivity contribution < 1.29 is 9.53 Å². The quantitative estimate of drug-likeness (QED) is 0.726. The summed E-state index contributed by atoms with van der Waals surface area (Å²) >= 11 is 12.0. The first-order chi connectivity index (χ1) is 12.0. The summed E-state index contributed by atoms with van der Waals surface area (Å²) in [4.78, 5) is 30.7. The molecule has 2 N–H and O–H groups in total. The normalized spacial score (nSPS) is 12.0. The minimum Gasteiger partial charge on any atom is -0.479 e. The predicted octanol–water partition coefficient (Wildman–Crippen LogP) is 3.64. The molecule has 6 nitrogen and oxygen atoms in total. The van der Waals surface area contributed by atoms with Crippen molar-refractivity contribution in [2.45, 2.75) is 13.0 Å². The lowest BCUT2D eigenvalue weighted by Crippen LogP contribution is -2.30. The number of aromatic amines is 1. The number of fused-ring (bicyclic) bond motifs is 1. The largest absolute Gasteiger partial charge is 0.479 e. The fourth-order valence-corrected chi connectivity index (χ4v) is 2.55. The lowest BCUT2D eigenvalue weighted by atomic mass is 10.2. The van der Waals surface area contributed by atoms with Gasteiger partial charge >= 0.3 is 0 Å². The number of carbonyl (C=O) groups excluding carboxylic acids is 1. The van der Waals surface area contributed by atoms with Gasteiger partial charge in [-0.2, -0.15) is 0 Å². The van der Waals surface area contributed by atoms with Crippen LogP contribution in [-0.2, 0) is 4.79 Å². The van der Waals surface area contributed by atoms with E-state index in [1.807, 2.05) is 0 Å². The van der Waals surface area contributed by atoms with Crippen LogP contribution < -0.4 is 15.6 Å². The van der Waals surface area contributed by atoms with Crippen molar-refractivity contribution in [1.82, 2.24) is 9.97 Å². The van der Waals surface area contributed by atoms with Crippen molar-refractivity contribution in [2.75, 3.05) is 5.32 Å². The first-order valence-electron chi connectivity index (χ1n) is 7.34. The Balaban J connectivity index is 1.76. The molecule has 1 amide bonds. The second-order valence-electron chi connectivity index (χ2n) is 5.26. The van der Waals surface area contributed by atoms with Crippen molar-refractivity contribution >= 4 is 45.7 Å². The van der Waals surface area contributed by atoms with Crippen molar-refractivity contribution in [1.29, 1.82) is 0 Å². The van der Waals surface area contributed by atoms with Crippen molar-refractivity contribution in [3.63, 3.8) is 0 Å². The van der Waals surface area contributed by atoms with Gasteiger partial charge in [-0.05, 0) is 37.3 Å². The number of halogens is 2. The smallest absolute Gasteiger partial charge is 0.265 e. The van der Waals surface area contributed by atoms with Crippen LogP contribution in [0.2, 0.25) is 10.0 Å². The molecule has 0 aliphatic carbocycles. The molecule has 3 rings (SSSR count). The van der Waals surface area contributed by atoms with Gasteiger partial charge in [0, 0.05) is 5.69 Å². The van der Waals surface area contributed by atoms with E-state index in [0.717, 1.165) is 0 Å². The van der Waals surface area contributed by atoms with Gasteiger partial charge in [0.1, 0.15) is 10.8 Å². The molecule has 0 radical (unpaired) electrons. The Kier molecular flexibility index (Phi) is 4.92. The molecule has 0 unspecified atom stereocenters. The molecule has 0 saturated heterocycles. The van der Waals surface area contributed by atoms with E-state index in [0.29, 0.717) is 27.4 Å². The number of anilines is 1. The van der Waals surface area contributed by atoms with Crippen LogP contribution in [0.25, 0.3) is 10.9 Å². The Morgan fingerprint density at radius 1 is 1.28 bits per heavy atom. The average molecular weight is 378 g/mol. The Labute approximate surface area is 152 Å². The number of nitrogens with one attached hydrogen (secondary N) is 2. The third kappa shape index (κ3) is 3.75. The number of rotatable bonds is 4. The van der Waals surface area contributed by atoms with Crippen LogP contribution in [0.1, 0.15) is 6.92 Å². The Morgan fingerprint density at radius 3 is 2.88 bits per heavy atom. The van der Waals surface area contributed by atoms with Gasteiger partial charge in [0.2, 0.25) is 0 Å². The van der Waals surface area contributed by atoms with E-state index in [4.69, 9.17) is 27.9 Å². The van der Waals surface area contributed by atoms with Gasteiger partial charge in [-0.15, -0.1) is 0 Å². The molecule has 0 saturated carbocycles. The monoisotopic (exact) mass is 377 g/mol. The zero-order chi connectivity index (χ0) is 18.0. The highest BCUT2D eigenvalue weighted by Crippen LogP contribution is 2.32. The van der Waals surface area contributed by atoms with Crippen LogP contribution >= 0.6 is 23.2 Å². The molecular formula is C17H13Cl2N3O3. The van der Waals surface area contributed by atoms with Crippen LogP contribution in [-0.4, -0.2) is 22.0 Å². The van der Waals surface area contributed by atoms with E-state index >= 15 is 0 Å². The Hall–Kier alpha value is -2.57. The van der Waals surface area contributed by atoms with Crippen LogP contribution in [0.3, 0.4) is 0 Å². The number of hydrogen-bond acceptors (Lipinski definition) is 4.